The number of hydrogen-bond donors (Lipinski definition) is 2. The van der Waals surface area contributed by atoms with Crippen LogP contribution in [0.3, 0.4) is 0 Å². The molecule has 3 rings (SSSR count). The molecule has 3 aromatic rings. The van der Waals surface area contributed by atoms with Gasteiger partial charge in [-0.25, -0.2) is 0 Å². The van der Waals surface area contributed by atoms with Gasteiger partial charge in [-0.05, 0) is 67.1 Å². The van der Waals surface area contributed by atoms with Crippen LogP contribution in [0.4, 0.5) is 0 Å². The molecule has 0 aliphatic heterocycles. The van der Waals surface area contributed by atoms with E-state index in [1.807, 2.05) is 54.6 Å². The summed E-state index contributed by atoms with van der Waals surface area (Å²) in [5, 5.41) is 19.5. The van der Waals surface area contributed by atoms with Gasteiger partial charge >= 0.3 is 0 Å². The third-order valence-electron chi connectivity index (χ3n) is 5.92. The Bertz CT molecular complexity index is 1160. The molecule has 0 fully saturated rings. The van der Waals surface area contributed by atoms with Crippen molar-refractivity contribution in [1.29, 1.82) is 0 Å². The van der Waals surface area contributed by atoms with E-state index in [4.69, 9.17) is 0 Å². The Kier molecular flexibility index (Phi) is 7.85. The summed E-state index contributed by atoms with van der Waals surface area (Å²) in [6.07, 6.45) is 0.807. The van der Waals surface area contributed by atoms with E-state index in [0.717, 1.165) is 33.4 Å². The molecule has 2 N–H and O–H groups in total. The van der Waals surface area contributed by atoms with Crippen LogP contribution in [0.15, 0.2) is 95.5 Å². The maximum absolute atomic E-state index is 11.7. The van der Waals surface area contributed by atoms with Gasteiger partial charge in [-0.2, -0.15) is 0 Å². The van der Waals surface area contributed by atoms with Crippen molar-refractivity contribution in [2.45, 2.75) is 40.5 Å². The van der Waals surface area contributed by atoms with Crippen LogP contribution in [-0.2, 0) is 22.4 Å². The first-order chi connectivity index (χ1) is 16.2. The molecule has 3 aromatic carbocycles. The van der Waals surface area contributed by atoms with Gasteiger partial charge in [0, 0.05) is 24.0 Å². The smallest absolute Gasteiger partial charge is 0.159 e. The Labute approximate surface area is 200 Å². The summed E-state index contributed by atoms with van der Waals surface area (Å²) < 4.78 is 0. The number of hydrogen-bond acceptors (Lipinski definition) is 4. The fourth-order valence-corrected chi connectivity index (χ4v) is 3.93. The lowest BCUT2D eigenvalue weighted by molar-refractivity contribution is -0.114. The molecule has 4 heteroatoms. The lowest BCUT2D eigenvalue weighted by Gasteiger charge is -2.10. The number of aliphatic hydroxyl groups is 2. The Morgan fingerprint density at radius 2 is 0.912 bits per heavy atom. The zero-order valence-electron chi connectivity index (χ0n) is 20.1. The van der Waals surface area contributed by atoms with Crippen molar-refractivity contribution in [2.24, 2.45) is 0 Å². The van der Waals surface area contributed by atoms with Crippen LogP contribution in [-0.4, -0.2) is 21.8 Å². The van der Waals surface area contributed by atoms with Gasteiger partial charge in [0.2, 0.25) is 0 Å². The minimum atomic E-state index is -0.122. The Hall–Kier alpha value is -3.92. The van der Waals surface area contributed by atoms with Crippen molar-refractivity contribution in [3.8, 4) is 22.3 Å². The van der Waals surface area contributed by atoms with Gasteiger partial charge in [0.1, 0.15) is 0 Å². The van der Waals surface area contributed by atoms with Crippen molar-refractivity contribution in [2.75, 3.05) is 0 Å². The highest BCUT2D eigenvalue weighted by molar-refractivity contribution is 5.94. The van der Waals surface area contributed by atoms with E-state index in [1.165, 1.54) is 27.7 Å². The third kappa shape index (κ3) is 6.10. The maximum Gasteiger partial charge on any atom is 0.159 e. The van der Waals surface area contributed by atoms with E-state index < -0.39 is 0 Å². The minimum absolute atomic E-state index is 0.0651. The summed E-state index contributed by atoms with van der Waals surface area (Å²) >= 11 is 0. The molecule has 0 spiro atoms. The predicted molar refractivity (Wildman–Crippen MR) is 137 cm³/mol. The first-order valence-electron chi connectivity index (χ1n) is 11.2. The molecule has 0 saturated heterocycles. The minimum Gasteiger partial charge on any atom is -0.512 e. The normalized spacial score (nSPS) is 12.6. The second-order valence-electron chi connectivity index (χ2n) is 8.57. The highest BCUT2D eigenvalue weighted by atomic mass is 16.3. The van der Waals surface area contributed by atoms with Crippen LogP contribution in [0.5, 0.6) is 0 Å². The fourth-order valence-electron chi connectivity index (χ4n) is 3.93. The number of Topliss-reactive ketones (excluding diaryl/α,β-unsaturated/α-hetero) is 2. The number of aliphatic hydroxyl groups excluding tert-OH is 2. The van der Waals surface area contributed by atoms with Crippen LogP contribution >= 0.6 is 0 Å². The largest absolute Gasteiger partial charge is 0.512 e. The van der Waals surface area contributed by atoms with Crippen molar-refractivity contribution in [3.05, 3.63) is 107 Å². The number of carbonyl (C=O) groups is 2. The van der Waals surface area contributed by atoms with E-state index in [2.05, 4.69) is 18.2 Å². The lowest BCUT2D eigenvalue weighted by Crippen LogP contribution is -2.03. The molecule has 0 radical (unpaired) electrons. The molecule has 0 aromatic heterocycles. The molecule has 0 atom stereocenters. The Balaban J connectivity index is 1.80. The quantitative estimate of drug-likeness (QED) is 0.285. The molecule has 0 heterocycles. The van der Waals surface area contributed by atoms with Crippen LogP contribution in [0.1, 0.15) is 38.8 Å². The summed E-state index contributed by atoms with van der Waals surface area (Å²) in [5.74, 6) is -0.115. The van der Waals surface area contributed by atoms with Crippen LogP contribution in [0.2, 0.25) is 0 Å². The molecule has 34 heavy (non-hydrogen) atoms. The summed E-state index contributed by atoms with van der Waals surface area (Å²) in [6, 6.07) is 24.3. The number of ketones is 2. The highest BCUT2D eigenvalue weighted by Crippen LogP contribution is 2.28. The van der Waals surface area contributed by atoms with Gasteiger partial charge in [-0.3, -0.25) is 9.59 Å². The van der Waals surface area contributed by atoms with E-state index in [0.29, 0.717) is 24.0 Å². The Morgan fingerprint density at radius 3 is 1.21 bits per heavy atom. The standard InChI is InChI=1S/C30H30O4/c1-19(31)29(20(2)32)16-23-8-12-25(13-9-23)27-6-5-7-28(18-27)26-14-10-24(11-15-26)17-30(21(3)33)22(4)34/h5-15,18,31,33H,16-17H2,1-4H3/b29-19+,30-21+. The second-order valence-corrected chi connectivity index (χ2v) is 8.57. The molecular weight excluding hydrogens is 424 g/mol. The maximum atomic E-state index is 11.7. The van der Waals surface area contributed by atoms with Gasteiger partial charge in [0.05, 0.1) is 11.5 Å². The van der Waals surface area contributed by atoms with E-state index in [9.17, 15) is 19.8 Å². The molecule has 0 unspecified atom stereocenters. The molecule has 4 nitrogen and oxygen atoms in total. The highest BCUT2D eigenvalue weighted by Gasteiger charge is 2.11. The first-order valence-corrected chi connectivity index (χ1v) is 11.2. The summed E-state index contributed by atoms with van der Waals surface area (Å²) in [5.41, 5.74) is 7.06. The number of rotatable bonds is 8. The molecule has 0 saturated carbocycles. The zero-order chi connectivity index (χ0) is 24.8. The fraction of sp³-hybridized carbons (Fsp3) is 0.200. The second kappa shape index (κ2) is 10.8. The van der Waals surface area contributed by atoms with Crippen LogP contribution < -0.4 is 0 Å². The van der Waals surface area contributed by atoms with Gasteiger partial charge in [-0.1, -0.05) is 66.7 Å². The van der Waals surface area contributed by atoms with Crippen LogP contribution in [0.25, 0.3) is 22.3 Å². The molecule has 0 bridgehead atoms. The number of carbonyl (C=O) groups excluding carboxylic acids is 2. The average Bonchev–Trinajstić information content (AvgIpc) is 2.81. The van der Waals surface area contributed by atoms with Gasteiger partial charge in [0.25, 0.3) is 0 Å². The van der Waals surface area contributed by atoms with E-state index in [-0.39, 0.29) is 23.1 Å². The topological polar surface area (TPSA) is 74.6 Å². The third-order valence-corrected chi connectivity index (χ3v) is 5.92. The molecule has 174 valence electrons. The molecular formula is C30H30O4. The van der Waals surface area contributed by atoms with Crippen molar-refractivity contribution >= 4 is 11.6 Å². The summed E-state index contributed by atoms with van der Waals surface area (Å²) in [6.45, 7) is 6.01. The van der Waals surface area contributed by atoms with Crippen molar-refractivity contribution in [3.63, 3.8) is 0 Å². The molecule has 0 aliphatic rings. The van der Waals surface area contributed by atoms with E-state index >= 15 is 0 Å². The van der Waals surface area contributed by atoms with Crippen LogP contribution in [0, 0.1) is 0 Å². The van der Waals surface area contributed by atoms with E-state index in [1.54, 1.807) is 0 Å². The lowest BCUT2D eigenvalue weighted by atomic mass is 9.95. The number of benzene rings is 3. The summed E-state index contributed by atoms with van der Waals surface area (Å²) in [7, 11) is 0. The molecule has 0 amide bonds. The monoisotopic (exact) mass is 454 g/mol. The molecule has 0 aliphatic carbocycles. The summed E-state index contributed by atoms with van der Waals surface area (Å²) in [4.78, 5) is 23.5. The SMILES string of the molecule is CC(=O)/C(Cc1ccc(-c2cccc(-c3ccc(C/C(C(C)=O)=C(/C)O)cc3)c2)cc1)=C(\C)O. The number of allylic oxidation sites excluding steroid dienone is 4. The zero-order valence-corrected chi connectivity index (χ0v) is 20.1. The van der Waals surface area contributed by atoms with Gasteiger partial charge in [-0.15, -0.1) is 0 Å². The Morgan fingerprint density at radius 1 is 0.559 bits per heavy atom. The predicted octanol–water partition coefficient (Wildman–Crippen LogP) is 6.95. The van der Waals surface area contributed by atoms with Gasteiger partial charge < -0.3 is 10.2 Å². The first kappa shape index (κ1) is 24.7. The average molecular weight is 455 g/mol. The van der Waals surface area contributed by atoms with Crippen molar-refractivity contribution < 1.29 is 19.8 Å². The van der Waals surface area contributed by atoms with Crippen molar-refractivity contribution in [1.82, 2.24) is 0 Å². The van der Waals surface area contributed by atoms with Gasteiger partial charge in [0.15, 0.2) is 11.6 Å².